The third kappa shape index (κ3) is 14.9. The Morgan fingerprint density at radius 3 is 1.14 bits per heavy atom. The standard InChI is InChI=1S/C21H45N/c1-5-7-9-11-13-15-17-19-21(22(3)4)20-18-16-14-12-10-8-6-2/h21H,5-20H2,1-4H3. The average molecular weight is 312 g/mol. The van der Waals surface area contributed by atoms with Gasteiger partial charge in [0.25, 0.3) is 0 Å². The molecule has 0 saturated carbocycles. The lowest BCUT2D eigenvalue weighted by molar-refractivity contribution is 0.251. The van der Waals surface area contributed by atoms with E-state index in [2.05, 4.69) is 32.8 Å². The van der Waals surface area contributed by atoms with Crippen LogP contribution in [0, 0.1) is 0 Å². The highest BCUT2D eigenvalue weighted by atomic mass is 15.1. The SMILES string of the molecule is CCCCCCCCCC(CCCCCCCCC)N(C)C. The summed E-state index contributed by atoms with van der Waals surface area (Å²) in [5.41, 5.74) is 0. The highest BCUT2D eigenvalue weighted by Gasteiger charge is 2.10. The van der Waals surface area contributed by atoms with Crippen LogP contribution in [0.5, 0.6) is 0 Å². The number of rotatable bonds is 17. The molecule has 0 aliphatic carbocycles. The third-order valence-electron chi connectivity index (χ3n) is 5.01. The Kier molecular flexibility index (Phi) is 17.3. The van der Waals surface area contributed by atoms with Gasteiger partial charge in [0.05, 0.1) is 0 Å². The molecule has 1 heteroatoms. The smallest absolute Gasteiger partial charge is 0.00891 e. The predicted molar refractivity (Wildman–Crippen MR) is 103 cm³/mol. The van der Waals surface area contributed by atoms with E-state index in [-0.39, 0.29) is 0 Å². The molecule has 1 nitrogen and oxygen atoms in total. The van der Waals surface area contributed by atoms with Gasteiger partial charge >= 0.3 is 0 Å². The summed E-state index contributed by atoms with van der Waals surface area (Å²) in [5.74, 6) is 0. The molecule has 0 aromatic heterocycles. The van der Waals surface area contributed by atoms with Crippen LogP contribution in [0.15, 0.2) is 0 Å². The Hall–Kier alpha value is -0.0400. The van der Waals surface area contributed by atoms with Gasteiger partial charge in [-0.15, -0.1) is 0 Å². The summed E-state index contributed by atoms with van der Waals surface area (Å²) in [4.78, 5) is 2.47. The molecule has 0 aromatic rings. The summed E-state index contributed by atoms with van der Waals surface area (Å²) in [6.45, 7) is 4.59. The lowest BCUT2D eigenvalue weighted by atomic mass is 9.99. The van der Waals surface area contributed by atoms with Crippen molar-refractivity contribution in [1.29, 1.82) is 0 Å². The van der Waals surface area contributed by atoms with Crippen LogP contribution in [-0.2, 0) is 0 Å². The van der Waals surface area contributed by atoms with Crippen molar-refractivity contribution in [3.63, 3.8) is 0 Å². The fourth-order valence-electron chi connectivity index (χ4n) is 3.33. The topological polar surface area (TPSA) is 3.24 Å². The maximum Gasteiger partial charge on any atom is 0.00891 e. The molecule has 0 aromatic carbocycles. The minimum atomic E-state index is 0.825. The molecule has 0 radical (unpaired) electrons. The van der Waals surface area contributed by atoms with Crippen LogP contribution in [0.3, 0.4) is 0 Å². The number of hydrogen-bond donors (Lipinski definition) is 0. The molecule has 0 unspecified atom stereocenters. The summed E-state index contributed by atoms with van der Waals surface area (Å²) in [7, 11) is 4.54. The summed E-state index contributed by atoms with van der Waals surface area (Å²) < 4.78 is 0. The van der Waals surface area contributed by atoms with Crippen LogP contribution in [0.1, 0.15) is 117 Å². The maximum absolute atomic E-state index is 2.47. The Morgan fingerprint density at radius 2 is 0.818 bits per heavy atom. The minimum absolute atomic E-state index is 0.825. The predicted octanol–water partition coefficient (Wildman–Crippen LogP) is 7.20. The molecule has 0 amide bonds. The van der Waals surface area contributed by atoms with Crippen molar-refractivity contribution < 1.29 is 0 Å². The van der Waals surface area contributed by atoms with Crippen molar-refractivity contribution in [3.05, 3.63) is 0 Å². The molecule has 0 N–H and O–H groups in total. The molecule has 0 atom stereocenters. The second-order valence-corrected chi connectivity index (χ2v) is 7.44. The highest BCUT2D eigenvalue weighted by Crippen LogP contribution is 2.17. The Balaban J connectivity index is 3.49. The highest BCUT2D eigenvalue weighted by molar-refractivity contribution is 4.66. The zero-order valence-corrected chi connectivity index (χ0v) is 16.3. The second kappa shape index (κ2) is 17.3. The van der Waals surface area contributed by atoms with Gasteiger partial charge in [-0.25, -0.2) is 0 Å². The van der Waals surface area contributed by atoms with Crippen LogP contribution in [-0.4, -0.2) is 25.0 Å². The molecule has 0 rings (SSSR count). The van der Waals surface area contributed by atoms with Crippen LogP contribution < -0.4 is 0 Å². The maximum atomic E-state index is 2.47. The molecule has 0 heterocycles. The van der Waals surface area contributed by atoms with Gasteiger partial charge in [0.2, 0.25) is 0 Å². The Morgan fingerprint density at radius 1 is 0.500 bits per heavy atom. The molecular weight excluding hydrogens is 266 g/mol. The molecule has 0 fully saturated rings. The van der Waals surface area contributed by atoms with Crippen molar-refractivity contribution in [2.45, 2.75) is 123 Å². The van der Waals surface area contributed by atoms with Crippen LogP contribution in [0.25, 0.3) is 0 Å². The first kappa shape index (κ1) is 22.0. The van der Waals surface area contributed by atoms with Gasteiger partial charge in [0.1, 0.15) is 0 Å². The normalized spacial score (nSPS) is 11.7. The summed E-state index contributed by atoms with van der Waals surface area (Å²) >= 11 is 0. The Labute approximate surface area is 142 Å². The molecule has 0 bridgehead atoms. The van der Waals surface area contributed by atoms with E-state index in [9.17, 15) is 0 Å². The zero-order chi connectivity index (χ0) is 16.5. The van der Waals surface area contributed by atoms with Gasteiger partial charge in [0, 0.05) is 6.04 Å². The fraction of sp³-hybridized carbons (Fsp3) is 1.00. The van der Waals surface area contributed by atoms with Gasteiger partial charge in [-0.1, -0.05) is 104 Å². The van der Waals surface area contributed by atoms with Gasteiger partial charge < -0.3 is 4.90 Å². The monoisotopic (exact) mass is 311 g/mol. The molecular formula is C21H45N. The summed E-state index contributed by atoms with van der Waals surface area (Å²) in [6.07, 6.45) is 22.9. The van der Waals surface area contributed by atoms with Crippen molar-refractivity contribution in [2.24, 2.45) is 0 Å². The van der Waals surface area contributed by atoms with Gasteiger partial charge in [0.15, 0.2) is 0 Å². The van der Waals surface area contributed by atoms with Gasteiger partial charge in [-0.2, -0.15) is 0 Å². The molecule has 22 heavy (non-hydrogen) atoms. The van der Waals surface area contributed by atoms with E-state index in [0.717, 1.165) is 6.04 Å². The van der Waals surface area contributed by atoms with Gasteiger partial charge in [-0.05, 0) is 26.9 Å². The average Bonchev–Trinajstić information content (AvgIpc) is 2.50. The number of hydrogen-bond acceptors (Lipinski definition) is 1. The van der Waals surface area contributed by atoms with E-state index in [0.29, 0.717) is 0 Å². The quantitative estimate of drug-likeness (QED) is 0.257. The van der Waals surface area contributed by atoms with Gasteiger partial charge in [-0.3, -0.25) is 0 Å². The van der Waals surface area contributed by atoms with Crippen molar-refractivity contribution in [1.82, 2.24) is 4.90 Å². The van der Waals surface area contributed by atoms with Crippen molar-refractivity contribution in [2.75, 3.05) is 14.1 Å². The van der Waals surface area contributed by atoms with Crippen molar-refractivity contribution >= 4 is 0 Å². The van der Waals surface area contributed by atoms with E-state index in [1.54, 1.807) is 0 Å². The summed E-state index contributed by atoms with van der Waals surface area (Å²) in [6, 6.07) is 0.825. The molecule has 0 saturated heterocycles. The third-order valence-corrected chi connectivity index (χ3v) is 5.01. The van der Waals surface area contributed by atoms with E-state index < -0.39 is 0 Å². The lowest BCUT2D eigenvalue weighted by Crippen LogP contribution is -2.27. The number of nitrogens with zero attached hydrogens (tertiary/aromatic N) is 1. The first-order chi connectivity index (χ1) is 10.7. The first-order valence-corrected chi connectivity index (χ1v) is 10.4. The second-order valence-electron chi connectivity index (χ2n) is 7.44. The van der Waals surface area contributed by atoms with E-state index in [4.69, 9.17) is 0 Å². The van der Waals surface area contributed by atoms with Crippen LogP contribution in [0.2, 0.25) is 0 Å². The molecule has 0 spiro atoms. The molecule has 0 aliphatic heterocycles. The summed E-state index contributed by atoms with van der Waals surface area (Å²) in [5, 5.41) is 0. The largest absolute Gasteiger partial charge is 0.306 e. The van der Waals surface area contributed by atoms with E-state index >= 15 is 0 Å². The minimum Gasteiger partial charge on any atom is -0.306 e. The van der Waals surface area contributed by atoms with Crippen LogP contribution in [0.4, 0.5) is 0 Å². The van der Waals surface area contributed by atoms with E-state index in [1.807, 2.05) is 0 Å². The molecule has 134 valence electrons. The fourth-order valence-corrected chi connectivity index (χ4v) is 3.33. The Bertz CT molecular complexity index is 182. The van der Waals surface area contributed by atoms with Crippen LogP contribution >= 0.6 is 0 Å². The number of unbranched alkanes of at least 4 members (excludes halogenated alkanes) is 12. The molecule has 0 aliphatic rings. The van der Waals surface area contributed by atoms with E-state index in [1.165, 1.54) is 103 Å². The first-order valence-electron chi connectivity index (χ1n) is 10.4. The lowest BCUT2D eigenvalue weighted by Gasteiger charge is -2.24. The zero-order valence-electron chi connectivity index (χ0n) is 16.3. The van der Waals surface area contributed by atoms with Crippen molar-refractivity contribution in [3.8, 4) is 0 Å².